The van der Waals surface area contributed by atoms with E-state index in [1.54, 1.807) is 24.1 Å². The number of rotatable bonds is 3. The van der Waals surface area contributed by atoms with Crippen LogP contribution >= 0.6 is 23.2 Å². The van der Waals surface area contributed by atoms with E-state index in [-0.39, 0.29) is 16.7 Å². The van der Waals surface area contributed by atoms with Crippen LogP contribution in [0.1, 0.15) is 0 Å². The third-order valence-electron chi connectivity index (χ3n) is 1.93. The molecule has 2 aromatic rings. The van der Waals surface area contributed by atoms with Crippen LogP contribution in [-0.4, -0.2) is 14.8 Å². The van der Waals surface area contributed by atoms with Crippen molar-refractivity contribution in [1.29, 1.82) is 0 Å². The molecule has 0 atom stereocenters. The molecular weight excluding hydrogens is 265 g/mol. The van der Waals surface area contributed by atoms with E-state index in [1.807, 2.05) is 0 Å². The van der Waals surface area contributed by atoms with E-state index >= 15 is 0 Å². The number of ether oxygens (including phenoxy) is 1. The fourth-order valence-electron chi connectivity index (χ4n) is 1.19. The predicted octanol–water partition coefficient (Wildman–Crippen LogP) is 2.20. The van der Waals surface area contributed by atoms with Crippen molar-refractivity contribution in [2.24, 2.45) is 12.9 Å². The van der Waals surface area contributed by atoms with Crippen molar-refractivity contribution in [2.75, 3.05) is 5.43 Å². The third-order valence-corrected chi connectivity index (χ3v) is 2.49. The van der Waals surface area contributed by atoms with Crippen LogP contribution in [-0.2, 0) is 7.05 Å². The minimum Gasteiger partial charge on any atom is -0.434 e. The summed E-state index contributed by atoms with van der Waals surface area (Å²) >= 11 is 11.8. The van der Waals surface area contributed by atoms with Crippen LogP contribution < -0.4 is 16.0 Å². The van der Waals surface area contributed by atoms with E-state index in [1.165, 1.54) is 6.07 Å². The first-order valence-electron chi connectivity index (χ1n) is 4.59. The highest BCUT2D eigenvalue weighted by atomic mass is 35.5. The summed E-state index contributed by atoms with van der Waals surface area (Å²) < 4.78 is 7.05. The van der Waals surface area contributed by atoms with E-state index in [2.05, 4.69) is 15.5 Å². The fourth-order valence-corrected chi connectivity index (χ4v) is 1.64. The Hall–Kier alpha value is -1.50. The number of hydrazine groups is 1. The maximum Gasteiger partial charge on any atom is 0.240 e. The average Bonchev–Trinajstić information content (AvgIpc) is 2.68. The molecule has 0 aliphatic rings. The van der Waals surface area contributed by atoms with Gasteiger partial charge in [0.2, 0.25) is 5.88 Å². The fraction of sp³-hybridized carbons (Fsp3) is 0.111. The van der Waals surface area contributed by atoms with Crippen molar-refractivity contribution in [2.45, 2.75) is 0 Å². The molecule has 0 aliphatic carbocycles. The Morgan fingerprint density at radius 2 is 2.18 bits per heavy atom. The number of nitrogens with zero attached hydrogens (tertiary/aromatic N) is 3. The molecule has 0 radical (unpaired) electrons. The Morgan fingerprint density at radius 1 is 1.41 bits per heavy atom. The molecule has 0 aliphatic heterocycles. The number of anilines is 1. The van der Waals surface area contributed by atoms with E-state index < -0.39 is 0 Å². The molecule has 0 saturated carbocycles. The molecule has 0 fully saturated rings. The van der Waals surface area contributed by atoms with Gasteiger partial charge in [-0.25, -0.2) is 5.84 Å². The topological polar surface area (TPSA) is 78.0 Å². The van der Waals surface area contributed by atoms with Crippen molar-refractivity contribution in [3.05, 3.63) is 28.5 Å². The number of aromatic nitrogens is 3. The molecule has 6 nitrogen and oxygen atoms in total. The molecule has 2 rings (SSSR count). The van der Waals surface area contributed by atoms with Gasteiger partial charge in [0.1, 0.15) is 5.02 Å². The summed E-state index contributed by atoms with van der Waals surface area (Å²) in [5.74, 6) is 6.27. The van der Waals surface area contributed by atoms with Gasteiger partial charge in [0.15, 0.2) is 11.6 Å². The molecule has 90 valence electrons. The lowest BCUT2D eigenvalue weighted by atomic mass is 10.4. The van der Waals surface area contributed by atoms with Crippen molar-refractivity contribution < 1.29 is 4.74 Å². The molecular formula is C9H9Cl2N5O. The van der Waals surface area contributed by atoms with Crippen molar-refractivity contribution in [3.63, 3.8) is 0 Å². The lowest BCUT2D eigenvalue weighted by Gasteiger charge is -2.08. The zero-order chi connectivity index (χ0) is 12.4. The van der Waals surface area contributed by atoms with Crippen LogP contribution in [0.3, 0.4) is 0 Å². The van der Waals surface area contributed by atoms with E-state index in [0.29, 0.717) is 10.8 Å². The highest BCUT2D eigenvalue weighted by Gasteiger charge is 2.11. The highest BCUT2D eigenvalue weighted by molar-refractivity contribution is 6.36. The van der Waals surface area contributed by atoms with Gasteiger partial charge in [-0.15, -0.1) is 0 Å². The Kier molecular flexibility index (Phi) is 3.37. The minimum atomic E-state index is 0.206. The van der Waals surface area contributed by atoms with Gasteiger partial charge in [-0.1, -0.05) is 23.2 Å². The first-order chi connectivity index (χ1) is 8.10. The Bertz CT molecular complexity index is 542. The number of halogens is 2. The van der Waals surface area contributed by atoms with Gasteiger partial charge in [0.05, 0.1) is 17.4 Å². The minimum absolute atomic E-state index is 0.206. The lowest BCUT2D eigenvalue weighted by molar-refractivity contribution is 0.463. The lowest BCUT2D eigenvalue weighted by Crippen LogP contribution is -2.09. The number of hydrogen-bond donors (Lipinski definition) is 2. The van der Waals surface area contributed by atoms with Gasteiger partial charge in [-0.05, 0) is 6.07 Å². The molecule has 2 heterocycles. The number of pyridine rings is 1. The second-order valence-corrected chi connectivity index (χ2v) is 4.02. The molecule has 2 aromatic heterocycles. The van der Waals surface area contributed by atoms with Gasteiger partial charge in [0.25, 0.3) is 0 Å². The number of nitrogen functional groups attached to an aromatic ring is 1. The quantitative estimate of drug-likeness (QED) is 0.662. The smallest absolute Gasteiger partial charge is 0.240 e. The SMILES string of the molecule is Cn1cc(Oc2nc(NN)c(Cl)cc2Cl)cn1. The molecule has 0 unspecified atom stereocenters. The first-order valence-corrected chi connectivity index (χ1v) is 5.35. The van der Waals surface area contributed by atoms with Gasteiger partial charge in [0, 0.05) is 7.05 Å². The molecule has 8 heteroatoms. The second-order valence-electron chi connectivity index (χ2n) is 3.20. The zero-order valence-corrected chi connectivity index (χ0v) is 10.3. The Morgan fingerprint density at radius 3 is 2.76 bits per heavy atom. The zero-order valence-electron chi connectivity index (χ0n) is 8.82. The van der Waals surface area contributed by atoms with Crippen LogP contribution in [0.2, 0.25) is 10.0 Å². The summed E-state index contributed by atoms with van der Waals surface area (Å²) in [6, 6.07) is 1.50. The van der Waals surface area contributed by atoms with Crippen molar-refractivity contribution >= 4 is 29.0 Å². The van der Waals surface area contributed by atoms with Crippen LogP contribution in [0, 0.1) is 0 Å². The van der Waals surface area contributed by atoms with Crippen LogP contribution in [0.4, 0.5) is 5.82 Å². The molecule has 17 heavy (non-hydrogen) atoms. The maximum absolute atomic E-state index is 5.95. The molecule has 0 amide bonds. The van der Waals surface area contributed by atoms with Gasteiger partial charge in [-0.2, -0.15) is 10.1 Å². The largest absolute Gasteiger partial charge is 0.434 e. The van der Waals surface area contributed by atoms with Crippen LogP contribution in [0.5, 0.6) is 11.6 Å². The molecule has 3 N–H and O–H groups in total. The average molecular weight is 274 g/mol. The molecule has 0 spiro atoms. The molecule has 0 saturated heterocycles. The summed E-state index contributed by atoms with van der Waals surface area (Å²) in [6.45, 7) is 0. The maximum atomic E-state index is 5.95. The normalized spacial score (nSPS) is 10.4. The Balaban J connectivity index is 2.32. The van der Waals surface area contributed by atoms with Crippen LogP contribution in [0.15, 0.2) is 18.5 Å². The highest BCUT2D eigenvalue weighted by Crippen LogP contribution is 2.32. The van der Waals surface area contributed by atoms with Gasteiger partial charge >= 0.3 is 0 Å². The number of aryl methyl sites for hydroxylation is 1. The monoisotopic (exact) mass is 273 g/mol. The van der Waals surface area contributed by atoms with Gasteiger partial charge < -0.3 is 10.2 Å². The van der Waals surface area contributed by atoms with Crippen LogP contribution in [0.25, 0.3) is 0 Å². The van der Waals surface area contributed by atoms with E-state index in [9.17, 15) is 0 Å². The van der Waals surface area contributed by atoms with Crippen molar-refractivity contribution in [3.8, 4) is 11.6 Å². The summed E-state index contributed by atoms with van der Waals surface area (Å²) in [4.78, 5) is 4.04. The number of nitrogens with one attached hydrogen (secondary N) is 1. The van der Waals surface area contributed by atoms with E-state index in [4.69, 9.17) is 33.8 Å². The number of hydrogen-bond acceptors (Lipinski definition) is 5. The standard InChI is InChI=1S/C9H9Cl2N5O/c1-16-4-5(3-13-16)17-9-7(11)2-6(10)8(14-9)15-12/h2-4H,12H2,1H3,(H,14,15). The number of nitrogens with two attached hydrogens (primary N) is 1. The third kappa shape index (κ3) is 2.60. The first kappa shape index (κ1) is 12.0. The van der Waals surface area contributed by atoms with Gasteiger partial charge in [-0.3, -0.25) is 4.68 Å². The van der Waals surface area contributed by atoms with E-state index in [0.717, 1.165) is 0 Å². The summed E-state index contributed by atoms with van der Waals surface area (Å²) in [5, 5.41) is 4.56. The predicted molar refractivity (Wildman–Crippen MR) is 65.3 cm³/mol. The van der Waals surface area contributed by atoms with Crippen molar-refractivity contribution in [1.82, 2.24) is 14.8 Å². The molecule has 0 aromatic carbocycles. The summed E-state index contributed by atoms with van der Waals surface area (Å²) in [5.41, 5.74) is 2.35. The molecule has 0 bridgehead atoms. The summed E-state index contributed by atoms with van der Waals surface area (Å²) in [7, 11) is 1.77. The summed E-state index contributed by atoms with van der Waals surface area (Å²) in [6.07, 6.45) is 3.23. The second kappa shape index (κ2) is 4.79. The Labute approximate surface area is 107 Å².